The van der Waals surface area contributed by atoms with Crippen molar-refractivity contribution in [2.75, 3.05) is 68.9 Å². The zero-order valence-corrected chi connectivity index (χ0v) is 26.2. The van der Waals surface area contributed by atoms with Gasteiger partial charge in [0.15, 0.2) is 11.5 Å². The molecule has 2 aliphatic rings. The average Bonchev–Trinajstić information content (AvgIpc) is 3.21. The molecule has 2 saturated heterocycles. The van der Waals surface area contributed by atoms with Gasteiger partial charge in [-0.05, 0) is 48.2 Å². The number of likely N-dealkylation sites (tertiary alicyclic amines) is 1. The number of nitrogens with zero attached hydrogens (tertiary/aromatic N) is 3. The van der Waals surface area contributed by atoms with Crippen LogP contribution in [0.2, 0.25) is 0 Å². The molecule has 0 atom stereocenters. The van der Waals surface area contributed by atoms with Gasteiger partial charge in [-0.25, -0.2) is 4.79 Å². The van der Waals surface area contributed by atoms with Gasteiger partial charge in [0, 0.05) is 39.4 Å². The SMILES string of the molecule is CC.COCCN1C(=O)N(Cc2cc(OC)c(OC)c(OC)c2)C(=O)C12CCN(Cc1cc(OC)cc(OC)c1)CC2. The van der Waals surface area contributed by atoms with Crippen molar-refractivity contribution in [1.29, 1.82) is 0 Å². The van der Waals surface area contributed by atoms with E-state index >= 15 is 0 Å². The molecule has 11 nitrogen and oxygen atoms in total. The van der Waals surface area contributed by atoms with Gasteiger partial charge >= 0.3 is 6.03 Å². The summed E-state index contributed by atoms with van der Waals surface area (Å²) in [5, 5.41) is 0. The molecule has 42 heavy (non-hydrogen) atoms. The number of hydrogen-bond donors (Lipinski definition) is 0. The third kappa shape index (κ3) is 6.68. The molecule has 2 heterocycles. The fourth-order valence-corrected chi connectivity index (χ4v) is 5.60. The van der Waals surface area contributed by atoms with Crippen LogP contribution in [0.5, 0.6) is 28.7 Å². The predicted octanol–water partition coefficient (Wildman–Crippen LogP) is 4.20. The van der Waals surface area contributed by atoms with Crippen LogP contribution >= 0.6 is 0 Å². The Balaban J connectivity index is 0.00000237. The van der Waals surface area contributed by atoms with Crippen LogP contribution in [0.1, 0.15) is 37.8 Å². The van der Waals surface area contributed by atoms with Crippen molar-refractivity contribution in [3.63, 3.8) is 0 Å². The van der Waals surface area contributed by atoms with E-state index in [0.717, 1.165) is 17.1 Å². The largest absolute Gasteiger partial charge is 0.497 e. The molecule has 232 valence electrons. The predicted molar refractivity (Wildman–Crippen MR) is 159 cm³/mol. The van der Waals surface area contributed by atoms with E-state index in [9.17, 15) is 9.59 Å². The lowest BCUT2D eigenvalue weighted by Gasteiger charge is -2.42. The molecule has 11 heteroatoms. The van der Waals surface area contributed by atoms with E-state index in [0.29, 0.717) is 68.4 Å². The van der Waals surface area contributed by atoms with E-state index < -0.39 is 5.54 Å². The van der Waals surface area contributed by atoms with Crippen molar-refractivity contribution < 1.29 is 38.0 Å². The molecule has 4 rings (SSSR count). The van der Waals surface area contributed by atoms with Crippen molar-refractivity contribution >= 4 is 11.9 Å². The minimum Gasteiger partial charge on any atom is -0.497 e. The molecule has 3 amide bonds. The molecular weight excluding hydrogens is 542 g/mol. The molecule has 0 unspecified atom stereocenters. The highest BCUT2D eigenvalue weighted by Crippen LogP contribution is 2.41. The summed E-state index contributed by atoms with van der Waals surface area (Å²) in [4.78, 5) is 33.0. The smallest absolute Gasteiger partial charge is 0.328 e. The number of urea groups is 1. The zero-order chi connectivity index (χ0) is 30.9. The summed E-state index contributed by atoms with van der Waals surface area (Å²) in [6.07, 6.45) is 1.04. The minimum absolute atomic E-state index is 0.0902. The van der Waals surface area contributed by atoms with Gasteiger partial charge in [0.05, 0.1) is 48.7 Å². The Hall–Kier alpha value is -3.70. The van der Waals surface area contributed by atoms with Crippen LogP contribution in [0, 0.1) is 0 Å². The highest BCUT2D eigenvalue weighted by Gasteiger charge is 2.57. The third-order valence-electron chi connectivity index (χ3n) is 7.71. The van der Waals surface area contributed by atoms with Crippen molar-refractivity contribution in [2.45, 2.75) is 45.3 Å². The molecule has 0 aliphatic carbocycles. The van der Waals surface area contributed by atoms with E-state index in [1.165, 1.54) is 26.2 Å². The summed E-state index contributed by atoms with van der Waals surface area (Å²) in [5.41, 5.74) is 0.837. The number of carbonyl (C=O) groups is 2. The number of amides is 3. The van der Waals surface area contributed by atoms with Gasteiger partial charge in [0.25, 0.3) is 5.91 Å². The first-order valence-electron chi connectivity index (χ1n) is 14.2. The van der Waals surface area contributed by atoms with Crippen molar-refractivity contribution in [1.82, 2.24) is 14.7 Å². The van der Waals surface area contributed by atoms with Crippen LogP contribution in [0.4, 0.5) is 4.79 Å². The Morgan fingerprint density at radius 1 is 0.714 bits per heavy atom. The quantitative estimate of drug-likeness (QED) is 0.338. The van der Waals surface area contributed by atoms with Crippen molar-refractivity contribution in [3.8, 4) is 28.7 Å². The Bertz CT molecular complexity index is 1170. The van der Waals surface area contributed by atoms with Crippen LogP contribution in [-0.2, 0) is 22.6 Å². The van der Waals surface area contributed by atoms with Gasteiger partial charge in [-0.3, -0.25) is 14.6 Å². The van der Waals surface area contributed by atoms with Gasteiger partial charge in [-0.2, -0.15) is 0 Å². The molecule has 2 aromatic rings. The Labute approximate surface area is 249 Å². The number of benzene rings is 2. The van der Waals surface area contributed by atoms with E-state index in [4.69, 9.17) is 28.4 Å². The molecule has 1 spiro atoms. The number of piperidine rings is 1. The van der Waals surface area contributed by atoms with Gasteiger partial charge in [0.1, 0.15) is 17.0 Å². The lowest BCUT2D eigenvalue weighted by atomic mass is 9.85. The molecule has 2 aromatic carbocycles. The van der Waals surface area contributed by atoms with Crippen LogP contribution in [-0.4, -0.2) is 101 Å². The summed E-state index contributed by atoms with van der Waals surface area (Å²) in [6, 6.07) is 9.02. The maximum Gasteiger partial charge on any atom is 0.328 e. The summed E-state index contributed by atoms with van der Waals surface area (Å²) >= 11 is 0. The number of ether oxygens (including phenoxy) is 6. The molecular formula is C31H45N3O8. The van der Waals surface area contributed by atoms with Gasteiger partial charge in [-0.1, -0.05) is 13.8 Å². The lowest BCUT2D eigenvalue weighted by Crippen LogP contribution is -2.57. The first-order valence-corrected chi connectivity index (χ1v) is 14.2. The fourth-order valence-electron chi connectivity index (χ4n) is 5.60. The number of hydrogen-bond acceptors (Lipinski definition) is 9. The number of rotatable bonds is 12. The van der Waals surface area contributed by atoms with Crippen molar-refractivity contribution in [3.05, 3.63) is 41.5 Å². The fraction of sp³-hybridized carbons (Fsp3) is 0.548. The molecule has 2 fully saturated rings. The van der Waals surface area contributed by atoms with E-state index in [1.807, 2.05) is 32.0 Å². The highest BCUT2D eigenvalue weighted by atomic mass is 16.5. The average molecular weight is 588 g/mol. The Kier molecular flexibility index (Phi) is 11.7. The second kappa shape index (κ2) is 15.0. The number of imide groups is 1. The topological polar surface area (TPSA) is 99.2 Å². The molecule has 0 aromatic heterocycles. The van der Waals surface area contributed by atoms with Gasteiger partial charge < -0.3 is 33.3 Å². The third-order valence-corrected chi connectivity index (χ3v) is 7.71. The second-order valence-electron chi connectivity index (χ2n) is 9.88. The maximum atomic E-state index is 14.0. The first kappa shape index (κ1) is 32.8. The van der Waals surface area contributed by atoms with Gasteiger partial charge in [0.2, 0.25) is 5.75 Å². The number of carbonyl (C=O) groups excluding carboxylic acids is 2. The van der Waals surface area contributed by atoms with Crippen LogP contribution < -0.4 is 23.7 Å². The molecule has 0 radical (unpaired) electrons. The second-order valence-corrected chi connectivity index (χ2v) is 9.88. The molecule has 0 bridgehead atoms. The Morgan fingerprint density at radius 2 is 1.26 bits per heavy atom. The van der Waals surface area contributed by atoms with Crippen LogP contribution in [0.25, 0.3) is 0 Å². The standard InChI is InChI=1S/C29H39N3O8.C2H6/c1-35-12-11-32-28(34)31(19-21-15-24(38-4)26(40-6)25(16-21)39-5)27(33)29(32)7-9-30(10-8-29)18-20-13-22(36-2)17-23(14-20)37-3;1-2/h13-17H,7-12,18-19H2,1-6H3;1-2H3. The summed E-state index contributed by atoms with van der Waals surface area (Å²) in [7, 11) is 9.44. The summed E-state index contributed by atoms with van der Waals surface area (Å²) in [5.74, 6) is 2.64. The van der Waals surface area contributed by atoms with Crippen molar-refractivity contribution in [2.24, 2.45) is 0 Å². The first-order chi connectivity index (χ1) is 20.3. The zero-order valence-electron chi connectivity index (χ0n) is 26.2. The number of methoxy groups -OCH3 is 6. The maximum absolute atomic E-state index is 14.0. The van der Waals surface area contributed by atoms with Crippen LogP contribution in [0.3, 0.4) is 0 Å². The van der Waals surface area contributed by atoms with E-state index in [2.05, 4.69) is 4.90 Å². The van der Waals surface area contributed by atoms with E-state index in [-0.39, 0.29) is 18.5 Å². The molecule has 0 N–H and O–H groups in total. The lowest BCUT2D eigenvalue weighted by molar-refractivity contribution is -0.136. The minimum atomic E-state index is -0.918. The highest BCUT2D eigenvalue weighted by molar-refractivity contribution is 6.07. The molecule has 2 aliphatic heterocycles. The Morgan fingerprint density at radius 3 is 1.74 bits per heavy atom. The molecule has 0 saturated carbocycles. The monoisotopic (exact) mass is 587 g/mol. The summed E-state index contributed by atoms with van der Waals surface area (Å²) in [6.45, 7) is 6.75. The summed E-state index contributed by atoms with van der Waals surface area (Å²) < 4.78 is 32.5. The normalized spacial score (nSPS) is 16.3. The van der Waals surface area contributed by atoms with E-state index in [1.54, 1.807) is 38.4 Å². The van der Waals surface area contributed by atoms with Gasteiger partial charge in [-0.15, -0.1) is 0 Å². The van der Waals surface area contributed by atoms with Crippen LogP contribution in [0.15, 0.2) is 30.3 Å².